The number of ether oxygens (including phenoxy) is 2. The smallest absolute Gasteiger partial charge is 0.141 e. The third kappa shape index (κ3) is 3.32. The molecular weight excluding hydrogens is 386 g/mol. The molecule has 4 saturated heterocycles. The van der Waals surface area contributed by atoms with Gasteiger partial charge >= 0.3 is 0 Å². The minimum Gasteiger partial charge on any atom is -0.387 e. The Hall–Kier alpha value is -0.460. The van der Waals surface area contributed by atoms with Gasteiger partial charge < -0.3 is 25.4 Å². The summed E-state index contributed by atoms with van der Waals surface area (Å²) in [5.41, 5.74) is 6.17. The molecule has 5 fully saturated rings. The predicted octanol–water partition coefficient (Wildman–Crippen LogP) is -0.992. The highest BCUT2D eigenvalue weighted by Crippen LogP contribution is 2.45. The van der Waals surface area contributed by atoms with E-state index in [9.17, 15) is 19.0 Å². The highest BCUT2D eigenvalue weighted by atomic mass is 19.2. The lowest BCUT2D eigenvalue weighted by Crippen LogP contribution is -2.64. The molecule has 12 atom stereocenters. The van der Waals surface area contributed by atoms with E-state index in [4.69, 9.17) is 15.2 Å². The standard InChI is InChI=1S/C19H32F2N4O4/c20-11-2-1-9-8(12(11)21)4-6-28-15(9)16-13(26)14(27)19(29-16)25-5-3-10-17(22)23-7-24-18(10)25/h8-19,23-24,26-27H,1-7,22H2/t8?,9?,10?,11?,12?,13-,14+,15+,16-,17?,18?,19+/m0/s1. The van der Waals surface area contributed by atoms with Gasteiger partial charge in [-0.1, -0.05) is 0 Å². The average Bonchev–Trinajstić information content (AvgIpc) is 3.27. The number of nitrogens with one attached hydrogen (secondary N) is 2. The molecule has 8 nitrogen and oxygen atoms in total. The van der Waals surface area contributed by atoms with E-state index in [0.29, 0.717) is 32.7 Å². The Morgan fingerprint density at radius 1 is 0.931 bits per heavy atom. The summed E-state index contributed by atoms with van der Waals surface area (Å²) in [5.74, 6) is -0.462. The van der Waals surface area contributed by atoms with Crippen LogP contribution in [0.1, 0.15) is 25.7 Å². The van der Waals surface area contributed by atoms with Crippen molar-refractivity contribution in [2.24, 2.45) is 23.5 Å². The molecule has 0 aromatic heterocycles. The van der Waals surface area contributed by atoms with Crippen molar-refractivity contribution >= 4 is 0 Å². The van der Waals surface area contributed by atoms with E-state index in [1.165, 1.54) is 0 Å². The third-order valence-corrected chi connectivity index (χ3v) is 7.78. The van der Waals surface area contributed by atoms with Crippen LogP contribution in [0.25, 0.3) is 0 Å². The van der Waals surface area contributed by atoms with Gasteiger partial charge in [0.15, 0.2) is 0 Å². The van der Waals surface area contributed by atoms with Crippen molar-refractivity contribution in [2.45, 2.75) is 81.0 Å². The summed E-state index contributed by atoms with van der Waals surface area (Å²) in [6.07, 6.45) is -5.37. The van der Waals surface area contributed by atoms with Crippen LogP contribution in [-0.4, -0.2) is 90.3 Å². The molecule has 0 amide bonds. The summed E-state index contributed by atoms with van der Waals surface area (Å²) in [7, 11) is 0. The van der Waals surface area contributed by atoms with Gasteiger partial charge in [0.05, 0.1) is 18.4 Å². The van der Waals surface area contributed by atoms with E-state index < -0.39 is 48.9 Å². The van der Waals surface area contributed by atoms with Crippen LogP contribution in [0, 0.1) is 17.8 Å². The van der Waals surface area contributed by atoms with Crippen molar-refractivity contribution in [1.82, 2.24) is 15.5 Å². The zero-order valence-electron chi connectivity index (χ0n) is 16.4. The lowest BCUT2D eigenvalue weighted by Gasteiger charge is -2.46. The molecule has 166 valence electrons. The lowest BCUT2D eigenvalue weighted by atomic mass is 9.70. The summed E-state index contributed by atoms with van der Waals surface area (Å²) in [5, 5.41) is 28.1. The predicted molar refractivity (Wildman–Crippen MR) is 98.8 cm³/mol. The Labute approximate surface area is 169 Å². The van der Waals surface area contributed by atoms with Crippen molar-refractivity contribution in [3.05, 3.63) is 0 Å². The number of nitrogens with zero attached hydrogens (tertiary/aromatic N) is 1. The van der Waals surface area contributed by atoms with Crippen LogP contribution in [0.2, 0.25) is 0 Å². The number of hydrogen-bond donors (Lipinski definition) is 5. The van der Waals surface area contributed by atoms with Gasteiger partial charge in [-0.3, -0.25) is 15.5 Å². The van der Waals surface area contributed by atoms with E-state index in [2.05, 4.69) is 10.6 Å². The normalized spacial score (nSPS) is 56.2. The first-order valence-electron chi connectivity index (χ1n) is 10.9. The van der Waals surface area contributed by atoms with Gasteiger partial charge in [-0.2, -0.15) is 0 Å². The number of aliphatic hydroxyl groups is 2. The van der Waals surface area contributed by atoms with Crippen LogP contribution in [0.3, 0.4) is 0 Å². The number of aliphatic hydroxyl groups excluding tert-OH is 2. The molecule has 4 aliphatic heterocycles. The first-order chi connectivity index (χ1) is 14.0. The molecule has 5 aliphatic rings. The Morgan fingerprint density at radius 3 is 2.59 bits per heavy atom. The van der Waals surface area contributed by atoms with Gasteiger partial charge in [-0.05, 0) is 31.6 Å². The average molecular weight is 418 g/mol. The largest absolute Gasteiger partial charge is 0.387 e. The van der Waals surface area contributed by atoms with Gasteiger partial charge in [-0.25, -0.2) is 8.78 Å². The van der Waals surface area contributed by atoms with E-state index in [-0.39, 0.29) is 30.6 Å². The van der Waals surface area contributed by atoms with Crippen molar-refractivity contribution in [3.63, 3.8) is 0 Å². The van der Waals surface area contributed by atoms with Crippen LogP contribution in [0.5, 0.6) is 0 Å². The fourth-order valence-electron chi connectivity index (χ4n) is 6.25. The monoisotopic (exact) mass is 418 g/mol. The van der Waals surface area contributed by atoms with Crippen LogP contribution >= 0.6 is 0 Å². The molecule has 1 aliphatic carbocycles. The second kappa shape index (κ2) is 7.90. The van der Waals surface area contributed by atoms with E-state index in [1.807, 2.05) is 4.90 Å². The molecule has 10 heteroatoms. The first kappa shape index (κ1) is 20.4. The summed E-state index contributed by atoms with van der Waals surface area (Å²) >= 11 is 0. The van der Waals surface area contributed by atoms with Gasteiger partial charge in [0, 0.05) is 31.7 Å². The van der Waals surface area contributed by atoms with Crippen LogP contribution in [0.15, 0.2) is 0 Å². The maximum absolute atomic E-state index is 14.5. The molecular formula is C19H32F2N4O4. The zero-order chi connectivity index (χ0) is 20.3. The Balaban J connectivity index is 1.32. The van der Waals surface area contributed by atoms with Crippen LogP contribution in [-0.2, 0) is 9.47 Å². The maximum Gasteiger partial charge on any atom is 0.141 e. The number of likely N-dealkylation sites (tertiary alicyclic amines) is 1. The summed E-state index contributed by atoms with van der Waals surface area (Å²) < 4.78 is 40.5. The summed E-state index contributed by atoms with van der Waals surface area (Å²) in [6, 6.07) is 0. The second-order valence-corrected chi connectivity index (χ2v) is 9.21. The van der Waals surface area contributed by atoms with Gasteiger partial charge in [-0.15, -0.1) is 0 Å². The van der Waals surface area contributed by atoms with Gasteiger partial charge in [0.25, 0.3) is 0 Å². The molecule has 5 rings (SSSR count). The number of fused-ring (bicyclic) bond motifs is 2. The molecule has 0 spiro atoms. The van der Waals surface area contributed by atoms with Gasteiger partial charge in [0.1, 0.15) is 36.9 Å². The Kier molecular flexibility index (Phi) is 5.57. The molecule has 7 unspecified atom stereocenters. The fraction of sp³-hybridized carbons (Fsp3) is 1.00. The maximum atomic E-state index is 14.5. The quantitative estimate of drug-likeness (QED) is 0.389. The number of hydrogen-bond acceptors (Lipinski definition) is 8. The van der Waals surface area contributed by atoms with E-state index in [0.717, 1.165) is 6.42 Å². The first-order valence-corrected chi connectivity index (χ1v) is 10.9. The number of rotatable bonds is 2. The summed E-state index contributed by atoms with van der Waals surface area (Å²) in [4.78, 5) is 2.02. The molecule has 29 heavy (non-hydrogen) atoms. The van der Waals surface area contributed by atoms with E-state index >= 15 is 0 Å². The number of nitrogens with two attached hydrogens (primary N) is 1. The summed E-state index contributed by atoms with van der Waals surface area (Å²) in [6.45, 7) is 1.56. The minimum absolute atomic E-state index is 0.0472. The minimum atomic E-state index is -1.50. The molecule has 0 radical (unpaired) electrons. The molecule has 4 heterocycles. The number of halogens is 2. The molecule has 0 bridgehead atoms. The van der Waals surface area contributed by atoms with Gasteiger partial charge in [0.2, 0.25) is 0 Å². The van der Waals surface area contributed by atoms with Crippen LogP contribution in [0.4, 0.5) is 8.78 Å². The van der Waals surface area contributed by atoms with Crippen molar-refractivity contribution in [3.8, 4) is 0 Å². The van der Waals surface area contributed by atoms with Crippen molar-refractivity contribution in [2.75, 3.05) is 19.8 Å². The highest BCUT2D eigenvalue weighted by Gasteiger charge is 2.57. The molecule has 0 aromatic carbocycles. The second-order valence-electron chi connectivity index (χ2n) is 9.21. The SMILES string of the molecule is NC1NCNC2C1CCN2[C@@H]1O[C@H]([C@@H]2OCCC3C(F)C(F)CCC32)[C@@H](O)[C@H]1O. The highest BCUT2D eigenvalue weighted by molar-refractivity contribution is 5.04. The zero-order valence-corrected chi connectivity index (χ0v) is 16.4. The van der Waals surface area contributed by atoms with Crippen molar-refractivity contribution in [1.29, 1.82) is 0 Å². The fourth-order valence-corrected chi connectivity index (χ4v) is 6.25. The third-order valence-electron chi connectivity index (χ3n) is 7.78. The Bertz CT molecular complexity index is 607. The topological polar surface area (TPSA) is 112 Å². The number of alkyl halides is 2. The molecule has 1 saturated carbocycles. The molecule has 0 aromatic rings. The molecule has 6 N–H and O–H groups in total. The van der Waals surface area contributed by atoms with Crippen LogP contribution < -0.4 is 16.4 Å². The van der Waals surface area contributed by atoms with E-state index in [1.54, 1.807) is 0 Å². The van der Waals surface area contributed by atoms with Crippen molar-refractivity contribution < 1.29 is 28.5 Å². The lowest BCUT2D eigenvalue weighted by molar-refractivity contribution is -0.186. The Morgan fingerprint density at radius 2 is 1.76 bits per heavy atom.